The van der Waals surface area contributed by atoms with E-state index in [1.165, 1.54) is 11.6 Å². The van der Waals surface area contributed by atoms with Gasteiger partial charge in [-0.05, 0) is 38.1 Å². The molecule has 172 valence electrons. The minimum Gasteiger partial charge on any atom is -0.465 e. The van der Waals surface area contributed by atoms with Gasteiger partial charge in [0.1, 0.15) is 0 Å². The van der Waals surface area contributed by atoms with Crippen LogP contribution in [0.5, 0.6) is 6.01 Å². The summed E-state index contributed by atoms with van der Waals surface area (Å²) in [4.78, 5) is 34.3. The Hall–Kier alpha value is -2.78. The van der Waals surface area contributed by atoms with E-state index in [4.69, 9.17) is 16.3 Å². The molecule has 1 fully saturated rings. The first-order valence-electron chi connectivity index (χ1n) is 10.9. The van der Waals surface area contributed by atoms with Gasteiger partial charge in [0.05, 0.1) is 6.61 Å². The maximum absolute atomic E-state index is 12.8. The highest BCUT2D eigenvalue weighted by Gasteiger charge is 2.21. The van der Waals surface area contributed by atoms with Crippen LogP contribution in [-0.2, 0) is 20.6 Å². The highest BCUT2D eigenvalue weighted by atomic mass is 35.5. The molecule has 3 heterocycles. The van der Waals surface area contributed by atoms with Crippen molar-refractivity contribution in [1.82, 2.24) is 23.6 Å². The average Bonchev–Trinajstić information content (AvgIpc) is 3.15. The van der Waals surface area contributed by atoms with Gasteiger partial charge in [-0.3, -0.25) is 23.4 Å². The van der Waals surface area contributed by atoms with Gasteiger partial charge in [-0.25, -0.2) is 4.79 Å². The molecule has 0 unspecified atom stereocenters. The topological polar surface area (TPSA) is 77.5 Å². The lowest BCUT2D eigenvalue weighted by Crippen LogP contribution is -2.46. The van der Waals surface area contributed by atoms with E-state index in [0.29, 0.717) is 30.3 Å². The summed E-state index contributed by atoms with van der Waals surface area (Å²) in [5.74, 6) is 0. The lowest BCUT2D eigenvalue weighted by molar-refractivity contribution is 0.246. The first kappa shape index (κ1) is 22.4. The van der Waals surface area contributed by atoms with Crippen LogP contribution < -0.4 is 20.9 Å². The van der Waals surface area contributed by atoms with Gasteiger partial charge in [0, 0.05) is 57.5 Å². The van der Waals surface area contributed by atoms with Gasteiger partial charge < -0.3 is 9.64 Å². The lowest BCUT2D eigenvalue weighted by Gasteiger charge is -2.36. The molecule has 1 saturated heterocycles. The molecule has 1 aliphatic rings. The molecule has 2 aromatic heterocycles. The number of fused-ring (bicyclic) bond motifs is 1. The van der Waals surface area contributed by atoms with E-state index in [-0.39, 0.29) is 5.56 Å². The van der Waals surface area contributed by atoms with Gasteiger partial charge in [-0.1, -0.05) is 17.7 Å². The Morgan fingerprint density at radius 2 is 1.81 bits per heavy atom. The number of benzene rings is 1. The van der Waals surface area contributed by atoms with Crippen LogP contribution in [0.4, 0.5) is 5.69 Å². The fraction of sp³-hybridized carbons (Fsp3) is 0.500. The third kappa shape index (κ3) is 4.27. The van der Waals surface area contributed by atoms with E-state index in [1.807, 2.05) is 29.7 Å². The van der Waals surface area contributed by atoms with Gasteiger partial charge in [0.2, 0.25) is 0 Å². The molecule has 10 heteroatoms. The minimum atomic E-state index is -0.396. The number of piperazine rings is 1. The Labute approximate surface area is 191 Å². The molecule has 0 N–H and O–H groups in total. The molecular weight excluding hydrogens is 432 g/mol. The molecule has 3 aromatic rings. The van der Waals surface area contributed by atoms with E-state index < -0.39 is 5.69 Å². The monoisotopic (exact) mass is 460 g/mol. The number of hydrogen-bond acceptors (Lipinski definition) is 6. The molecule has 0 aliphatic carbocycles. The highest BCUT2D eigenvalue weighted by Crippen LogP contribution is 2.21. The summed E-state index contributed by atoms with van der Waals surface area (Å²) in [6, 6.07) is 8.35. The Morgan fingerprint density at radius 1 is 1.06 bits per heavy atom. The average molecular weight is 461 g/mol. The third-order valence-corrected chi connectivity index (χ3v) is 6.22. The largest absolute Gasteiger partial charge is 0.465 e. The molecule has 32 heavy (non-hydrogen) atoms. The number of aryl methyl sites for hydroxylation is 2. The summed E-state index contributed by atoms with van der Waals surface area (Å²) in [5, 5.41) is 0.756. The van der Waals surface area contributed by atoms with Gasteiger partial charge >= 0.3 is 5.69 Å². The number of halogens is 1. The summed E-state index contributed by atoms with van der Waals surface area (Å²) in [6.07, 6.45) is 0.842. The molecule has 0 saturated carbocycles. The van der Waals surface area contributed by atoms with Crippen molar-refractivity contribution in [2.75, 3.05) is 44.2 Å². The zero-order valence-electron chi connectivity index (χ0n) is 18.8. The number of nitrogens with zero attached hydrogens (tertiary/aromatic N) is 6. The first-order chi connectivity index (χ1) is 15.4. The molecule has 1 aliphatic heterocycles. The molecule has 4 rings (SSSR count). The third-order valence-electron chi connectivity index (χ3n) is 5.99. The Balaban J connectivity index is 1.44. The molecule has 0 radical (unpaired) electrons. The molecule has 0 atom stereocenters. The van der Waals surface area contributed by atoms with Crippen LogP contribution in [0.15, 0.2) is 33.9 Å². The van der Waals surface area contributed by atoms with Crippen LogP contribution in [0.1, 0.15) is 13.3 Å². The smallest absolute Gasteiger partial charge is 0.332 e. The van der Waals surface area contributed by atoms with Crippen LogP contribution in [0.25, 0.3) is 11.2 Å². The summed E-state index contributed by atoms with van der Waals surface area (Å²) < 4.78 is 10.0. The fourth-order valence-corrected chi connectivity index (χ4v) is 4.41. The number of rotatable bonds is 7. The van der Waals surface area contributed by atoms with E-state index in [9.17, 15) is 9.59 Å². The predicted octanol–water partition coefficient (Wildman–Crippen LogP) is 1.70. The standard InChI is InChI=1S/C22H29ClN6O3/c1-4-32-21-24-19-18(20(30)26(3)22(31)25(19)2)29(21)10-6-9-27-11-13-28(14-12-27)17-8-5-7-16(23)15-17/h5,7-8,15H,4,6,9-14H2,1-3H3. The van der Waals surface area contributed by atoms with Gasteiger partial charge in [0.25, 0.3) is 11.6 Å². The fourth-order valence-electron chi connectivity index (χ4n) is 4.23. The van der Waals surface area contributed by atoms with Crippen LogP contribution in [0.3, 0.4) is 0 Å². The molecule has 0 bridgehead atoms. The number of ether oxygens (including phenoxy) is 1. The summed E-state index contributed by atoms with van der Waals surface area (Å²) >= 11 is 6.13. The summed E-state index contributed by atoms with van der Waals surface area (Å²) in [7, 11) is 3.11. The zero-order chi connectivity index (χ0) is 22.8. The van der Waals surface area contributed by atoms with E-state index >= 15 is 0 Å². The van der Waals surface area contributed by atoms with Crippen molar-refractivity contribution in [3.63, 3.8) is 0 Å². The second-order valence-electron chi connectivity index (χ2n) is 8.02. The Bertz CT molecular complexity index is 1220. The van der Waals surface area contributed by atoms with Crippen molar-refractivity contribution in [1.29, 1.82) is 0 Å². The van der Waals surface area contributed by atoms with Crippen molar-refractivity contribution in [3.05, 3.63) is 50.1 Å². The van der Waals surface area contributed by atoms with E-state index in [0.717, 1.165) is 54.4 Å². The second-order valence-corrected chi connectivity index (χ2v) is 8.46. The van der Waals surface area contributed by atoms with Gasteiger partial charge in [-0.15, -0.1) is 0 Å². The van der Waals surface area contributed by atoms with Gasteiger partial charge in [-0.2, -0.15) is 4.98 Å². The normalized spacial score (nSPS) is 14.9. The second kappa shape index (κ2) is 9.38. The van der Waals surface area contributed by atoms with Crippen molar-refractivity contribution < 1.29 is 4.74 Å². The molecular formula is C22H29ClN6O3. The maximum Gasteiger partial charge on any atom is 0.332 e. The number of anilines is 1. The molecule has 0 amide bonds. The highest BCUT2D eigenvalue weighted by molar-refractivity contribution is 6.30. The van der Waals surface area contributed by atoms with E-state index in [2.05, 4.69) is 20.9 Å². The zero-order valence-corrected chi connectivity index (χ0v) is 19.5. The number of imidazole rings is 1. The van der Waals surface area contributed by atoms with Crippen LogP contribution >= 0.6 is 11.6 Å². The van der Waals surface area contributed by atoms with Crippen LogP contribution in [0.2, 0.25) is 5.02 Å². The number of hydrogen-bond donors (Lipinski definition) is 0. The van der Waals surface area contributed by atoms with Gasteiger partial charge in [0.15, 0.2) is 11.2 Å². The van der Waals surface area contributed by atoms with E-state index in [1.54, 1.807) is 7.05 Å². The SMILES string of the molecule is CCOc1nc2c(c(=O)n(C)c(=O)n2C)n1CCCN1CCN(c2cccc(Cl)c2)CC1. The van der Waals surface area contributed by atoms with Crippen LogP contribution in [0, 0.1) is 0 Å². The Kier molecular flexibility index (Phi) is 6.57. The minimum absolute atomic E-state index is 0.350. The molecule has 9 nitrogen and oxygen atoms in total. The van der Waals surface area contributed by atoms with Crippen molar-refractivity contribution in [2.24, 2.45) is 14.1 Å². The van der Waals surface area contributed by atoms with Crippen LogP contribution in [-0.4, -0.2) is 62.9 Å². The molecule has 0 spiro atoms. The number of aromatic nitrogens is 4. The maximum atomic E-state index is 12.8. The quantitative estimate of drug-likeness (QED) is 0.534. The molecule has 1 aromatic carbocycles. The van der Waals surface area contributed by atoms with Crippen molar-refractivity contribution in [3.8, 4) is 6.01 Å². The lowest BCUT2D eigenvalue weighted by atomic mass is 10.2. The first-order valence-corrected chi connectivity index (χ1v) is 11.3. The van der Waals surface area contributed by atoms with Crippen molar-refractivity contribution >= 4 is 28.5 Å². The summed E-state index contributed by atoms with van der Waals surface area (Å²) in [5.41, 5.74) is 1.18. The predicted molar refractivity (Wildman–Crippen MR) is 126 cm³/mol. The Morgan fingerprint density at radius 3 is 2.50 bits per heavy atom. The van der Waals surface area contributed by atoms with Crippen molar-refractivity contribution in [2.45, 2.75) is 19.9 Å². The summed E-state index contributed by atoms with van der Waals surface area (Å²) in [6.45, 7) is 7.62.